The van der Waals surface area contributed by atoms with E-state index in [9.17, 15) is 9.90 Å². The van der Waals surface area contributed by atoms with Gasteiger partial charge in [0.25, 0.3) is 0 Å². The third-order valence-electron chi connectivity index (χ3n) is 4.77. The van der Waals surface area contributed by atoms with Crippen LogP contribution in [0.5, 0.6) is 0 Å². The van der Waals surface area contributed by atoms with Gasteiger partial charge in [0.15, 0.2) is 0 Å². The Hall–Kier alpha value is -2.37. The van der Waals surface area contributed by atoms with Crippen molar-refractivity contribution in [3.63, 3.8) is 0 Å². The van der Waals surface area contributed by atoms with E-state index in [2.05, 4.69) is 5.10 Å². The van der Waals surface area contributed by atoms with Crippen LogP contribution in [-0.4, -0.2) is 40.4 Å². The van der Waals surface area contributed by atoms with Gasteiger partial charge in [-0.25, -0.2) is 9.80 Å². The van der Waals surface area contributed by atoms with Gasteiger partial charge in [-0.05, 0) is 23.3 Å². The normalized spacial score (nSPS) is 21.3. The second-order valence-corrected chi connectivity index (χ2v) is 6.92. The van der Waals surface area contributed by atoms with Gasteiger partial charge in [-0.3, -0.25) is 0 Å². The third kappa shape index (κ3) is 2.90. The molecule has 25 heavy (non-hydrogen) atoms. The molecule has 1 saturated heterocycles. The van der Waals surface area contributed by atoms with E-state index in [4.69, 9.17) is 11.6 Å². The molecule has 1 fully saturated rings. The quantitative estimate of drug-likeness (QED) is 0.897. The smallest absolute Gasteiger partial charge is 0.341 e. The molecule has 128 valence electrons. The van der Waals surface area contributed by atoms with Crippen LogP contribution < -0.4 is 0 Å². The number of benzene rings is 2. The van der Waals surface area contributed by atoms with Crippen LogP contribution in [0.25, 0.3) is 0 Å². The zero-order valence-electron chi connectivity index (χ0n) is 13.5. The first-order chi connectivity index (χ1) is 12.1. The number of hydrogen-bond donors (Lipinski definition) is 1. The molecule has 1 N–H and O–H groups in total. The van der Waals surface area contributed by atoms with Gasteiger partial charge in [-0.1, -0.05) is 54.1 Å². The second-order valence-electron chi connectivity index (χ2n) is 6.48. The van der Waals surface area contributed by atoms with Gasteiger partial charge in [0.2, 0.25) is 0 Å². The van der Waals surface area contributed by atoms with Gasteiger partial charge >= 0.3 is 6.03 Å². The van der Waals surface area contributed by atoms with Crippen molar-refractivity contribution in [2.24, 2.45) is 5.10 Å². The highest BCUT2D eigenvalue weighted by molar-refractivity contribution is 6.30. The van der Waals surface area contributed by atoms with E-state index in [1.165, 1.54) is 5.01 Å². The molecule has 0 saturated carbocycles. The predicted molar refractivity (Wildman–Crippen MR) is 96.4 cm³/mol. The van der Waals surface area contributed by atoms with Crippen molar-refractivity contribution in [2.75, 3.05) is 13.1 Å². The van der Waals surface area contributed by atoms with Gasteiger partial charge in [0.05, 0.1) is 19.1 Å². The fraction of sp³-hybridized carbons (Fsp3) is 0.263. The van der Waals surface area contributed by atoms with Crippen LogP contribution in [0.4, 0.5) is 4.79 Å². The van der Waals surface area contributed by atoms with Crippen LogP contribution in [0, 0.1) is 0 Å². The molecule has 0 aromatic heterocycles. The third-order valence-corrected chi connectivity index (χ3v) is 5.02. The number of likely N-dealkylation sites (tertiary alicyclic amines) is 1. The van der Waals surface area contributed by atoms with E-state index in [0.717, 1.165) is 11.1 Å². The zero-order chi connectivity index (χ0) is 17.4. The molecule has 2 aromatic rings. The summed E-state index contributed by atoms with van der Waals surface area (Å²) in [6, 6.07) is 16.6. The van der Waals surface area contributed by atoms with Crippen LogP contribution in [0.3, 0.4) is 0 Å². The summed E-state index contributed by atoms with van der Waals surface area (Å²) in [7, 11) is 0. The largest absolute Gasteiger partial charge is 0.381 e. The molecule has 0 aliphatic carbocycles. The highest BCUT2D eigenvalue weighted by Gasteiger charge is 2.47. The summed E-state index contributed by atoms with van der Waals surface area (Å²) in [6.07, 6.45) is 2.42. The number of rotatable bonds is 2. The van der Waals surface area contributed by atoms with E-state index in [0.29, 0.717) is 11.4 Å². The highest BCUT2D eigenvalue weighted by Crippen LogP contribution is 2.35. The Bertz CT molecular complexity index is 801. The lowest BCUT2D eigenvalue weighted by molar-refractivity contribution is -0.0877. The number of amides is 2. The van der Waals surface area contributed by atoms with Crippen LogP contribution in [0.1, 0.15) is 23.6 Å². The lowest BCUT2D eigenvalue weighted by Gasteiger charge is -2.47. The monoisotopic (exact) mass is 355 g/mol. The Kier molecular flexibility index (Phi) is 3.98. The molecular weight excluding hydrogens is 338 g/mol. The fourth-order valence-electron chi connectivity index (χ4n) is 3.36. The van der Waals surface area contributed by atoms with Crippen molar-refractivity contribution in [1.29, 1.82) is 0 Å². The number of carbonyl (C=O) groups is 1. The number of nitrogens with zero attached hydrogens (tertiary/aromatic N) is 3. The Morgan fingerprint density at radius 2 is 1.80 bits per heavy atom. The summed E-state index contributed by atoms with van der Waals surface area (Å²) in [6.45, 7) is 0.546. The van der Waals surface area contributed by atoms with Gasteiger partial charge in [-0.15, -0.1) is 0 Å². The molecule has 2 aliphatic rings. The molecule has 0 radical (unpaired) electrons. The van der Waals surface area contributed by atoms with Gasteiger partial charge in [-0.2, -0.15) is 5.10 Å². The van der Waals surface area contributed by atoms with Gasteiger partial charge in [0, 0.05) is 17.7 Å². The molecule has 1 atom stereocenters. The minimum Gasteiger partial charge on any atom is -0.381 e. The summed E-state index contributed by atoms with van der Waals surface area (Å²) in [5.41, 5.74) is 0.850. The van der Waals surface area contributed by atoms with Gasteiger partial charge < -0.3 is 10.0 Å². The first-order valence-corrected chi connectivity index (χ1v) is 8.59. The number of β-amino-alcohol motifs (C(OH)–C–C–N with tert-alkyl or cyclic N) is 1. The van der Waals surface area contributed by atoms with Crippen molar-refractivity contribution in [3.8, 4) is 0 Å². The number of hydrazone groups is 1. The maximum atomic E-state index is 12.8. The second kappa shape index (κ2) is 6.17. The molecule has 0 bridgehead atoms. The Labute approximate surface area is 151 Å². The first-order valence-electron chi connectivity index (χ1n) is 8.21. The molecule has 2 aromatic carbocycles. The number of carbonyl (C=O) groups excluding carboxylic acids is 1. The molecule has 2 heterocycles. The minimum absolute atomic E-state index is 0.129. The number of hydrogen-bond acceptors (Lipinski definition) is 3. The molecule has 4 rings (SSSR count). The summed E-state index contributed by atoms with van der Waals surface area (Å²) >= 11 is 5.94. The van der Waals surface area contributed by atoms with Crippen LogP contribution >= 0.6 is 11.6 Å². The SMILES string of the molecule is O=C(N1CC(O)(c2ccccc2)C1)N1N=CCC1c1ccc(Cl)cc1. The molecule has 2 aliphatic heterocycles. The number of halogens is 1. The highest BCUT2D eigenvalue weighted by atomic mass is 35.5. The van der Waals surface area contributed by atoms with Crippen molar-refractivity contribution in [2.45, 2.75) is 18.1 Å². The maximum absolute atomic E-state index is 12.8. The van der Waals surface area contributed by atoms with Crippen molar-refractivity contribution in [1.82, 2.24) is 9.91 Å². The summed E-state index contributed by atoms with van der Waals surface area (Å²) in [5.74, 6) is 0. The molecule has 6 heteroatoms. The number of aliphatic hydroxyl groups is 1. The topological polar surface area (TPSA) is 56.1 Å². The zero-order valence-corrected chi connectivity index (χ0v) is 14.3. The Morgan fingerprint density at radius 3 is 2.48 bits per heavy atom. The van der Waals surface area contributed by atoms with Crippen LogP contribution in [-0.2, 0) is 5.60 Å². The molecule has 2 amide bonds. The Balaban J connectivity index is 1.46. The average molecular weight is 356 g/mol. The van der Waals surface area contributed by atoms with Crippen molar-refractivity contribution >= 4 is 23.8 Å². The van der Waals surface area contributed by atoms with E-state index >= 15 is 0 Å². The molecular formula is C19H18ClN3O2. The summed E-state index contributed by atoms with van der Waals surface area (Å²) in [4.78, 5) is 14.4. The van der Waals surface area contributed by atoms with E-state index in [1.807, 2.05) is 54.6 Å². The molecule has 0 spiro atoms. The van der Waals surface area contributed by atoms with E-state index in [1.54, 1.807) is 11.1 Å². The Morgan fingerprint density at radius 1 is 1.12 bits per heavy atom. The standard InChI is InChI=1S/C19H18ClN3O2/c20-16-8-6-14(7-9-16)17-10-11-21-23(17)18(24)22-12-19(25,13-22)15-4-2-1-3-5-15/h1-9,11,17,25H,10,12-13H2. The maximum Gasteiger partial charge on any atom is 0.341 e. The fourth-order valence-corrected chi connectivity index (χ4v) is 3.48. The molecule has 5 nitrogen and oxygen atoms in total. The first kappa shape index (κ1) is 16.1. The van der Waals surface area contributed by atoms with Crippen molar-refractivity contribution in [3.05, 3.63) is 70.7 Å². The summed E-state index contributed by atoms with van der Waals surface area (Å²) < 4.78 is 0. The minimum atomic E-state index is -0.976. The van der Waals surface area contributed by atoms with Crippen molar-refractivity contribution < 1.29 is 9.90 Å². The van der Waals surface area contributed by atoms with Crippen LogP contribution in [0.2, 0.25) is 5.02 Å². The lowest BCUT2D eigenvalue weighted by atomic mass is 9.86. The van der Waals surface area contributed by atoms with E-state index < -0.39 is 5.60 Å². The van der Waals surface area contributed by atoms with Crippen LogP contribution in [0.15, 0.2) is 59.7 Å². The number of urea groups is 1. The van der Waals surface area contributed by atoms with E-state index in [-0.39, 0.29) is 25.2 Å². The predicted octanol–water partition coefficient (Wildman–Crippen LogP) is 3.40. The van der Waals surface area contributed by atoms with Gasteiger partial charge in [0.1, 0.15) is 5.60 Å². The summed E-state index contributed by atoms with van der Waals surface area (Å²) in [5, 5.41) is 17.1. The molecule has 1 unspecified atom stereocenters. The average Bonchev–Trinajstić information content (AvgIpc) is 3.09. The lowest BCUT2D eigenvalue weighted by Crippen LogP contribution is -2.63.